The highest BCUT2D eigenvalue weighted by atomic mass is 32.2. The minimum absolute atomic E-state index is 0.0944. The van der Waals surface area contributed by atoms with Crippen LogP contribution in [0.2, 0.25) is 0 Å². The second kappa shape index (κ2) is 8.86. The number of carbonyl (C=O) groups excluding carboxylic acids is 1. The van der Waals surface area contributed by atoms with Crippen molar-refractivity contribution in [2.45, 2.75) is 32.1 Å². The average molecular weight is 382 g/mol. The van der Waals surface area contributed by atoms with Gasteiger partial charge in [0.25, 0.3) is 0 Å². The molecule has 1 heterocycles. The first-order valence-corrected chi connectivity index (χ1v) is 9.78. The summed E-state index contributed by atoms with van der Waals surface area (Å²) in [6.07, 6.45) is 2.42. The quantitative estimate of drug-likeness (QED) is 0.555. The molecule has 1 fully saturated rings. The van der Waals surface area contributed by atoms with Crippen LogP contribution < -0.4 is 4.74 Å². The molecule has 0 spiro atoms. The third-order valence-corrected chi connectivity index (χ3v) is 5.79. The topological polar surface area (TPSA) is 54.3 Å². The predicted molar refractivity (Wildman–Crippen MR) is 111 cm³/mol. The van der Waals surface area contributed by atoms with Crippen LogP contribution in [-0.2, 0) is 11.3 Å². The standard InChI is InChI=1S/C21H23N3O2S/c1-4-19-20(25)24(14-17-11-6-5-9-15(17)2)21(27-19)23-22-13-16-10-7-8-12-18(16)26-3/h5-13,19H,4,14H2,1-3H3. The van der Waals surface area contributed by atoms with Gasteiger partial charge in [-0.3, -0.25) is 9.69 Å². The fourth-order valence-corrected chi connectivity index (χ4v) is 3.89. The van der Waals surface area contributed by atoms with Gasteiger partial charge in [-0.15, -0.1) is 5.10 Å². The Morgan fingerprint density at radius 2 is 1.93 bits per heavy atom. The van der Waals surface area contributed by atoms with E-state index in [0.29, 0.717) is 11.7 Å². The van der Waals surface area contributed by atoms with Crippen molar-refractivity contribution in [1.82, 2.24) is 4.90 Å². The number of rotatable bonds is 6. The number of aryl methyl sites for hydroxylation is 1. The van der Waals surface area contributed by atoms with E-state index in [-0.39, 0.29) is 11.2 Å². The summed E-state index contributed by atoms with van der Waals surface area (Å²) in [6, 6.07) is 15.7. The Hall–Kier alpha value is -2.60. The molecule has 0 aromatic heterocycles. The third-order valence-electron chi connectivity index (χ3n) is 4.46. The normalized spacial score (nSPS) is 18.6. The highest BCUT2D eigenvalue weighted by Crippen LogP contribution is 2.31. The number of para-hydroxylation sites is 1. The molecule has 1 unspecified atom stereocenters. The number of nitrogens with zero attached hydrogens (tertiary/aromatic N) is 3. The molecule has 27 heavy (non-hydrogen) atoms. The summed E-state index contributed by atoms with van der Waals surface area (Å²) < 4.78 is 5.32. The summed E-state index contributed by atoms with van der Waals surface area (Å²) in [5.41, 5.74) is 3.12. The van der Waals surface area contributed by atoms with Gasteiger partial charge in [0.2, 0.25) is 5.91 Å². The van der Waals surface area contributed by atoms with Gasteiger partial charge in [-0.05, 0) is 36.6 Å². The molecule has 1 saturated heterocycles. The predicted octanol–water partition coefficient (Wildman–Crippen LogP) is 4.25. The summed E-state index contributed by atoms with van der Waals surface area (Å²) in [6.45, 7) is 4.58. The lowest BCUT2D eigenvalue weighted by molar-refractivity contribution is -0.126. The largest absolute Gasteiger partial charge is 0.496 e. The number of methoxy groups -OCH3 is 1. The molecule has 1 aliphatic rings. The van der Waals surface area contributed by atoms with Crippen molar-refractivity contribution < 1.29 is 9.53 Å². The molecular formula is C21H23N3O2S. The summed E-state index contributed by atoms with van der Waals surface area (Å²) in [5, 5.41) is 9.10. The third kappa shape index (κ3) is 4.39. The van der Waals surface area contributed by atoms with Gasteiger partial charge >= 0.3 is 0 Å². The van der Waals surface area contributed by atoms with Crippen molar-refractivity contribution in [2.24, 2.45) is 10.2 Å². The zero-order valence-corrected chi connectivity index (χ0v) is 16.6. The van der Waals surface area contributed by atoms with Crippen LogP contribution in [0.5, 0.6) is 5.75 Å². The first-order chi connectivity index (χ1) is 13.1. The van der Waals surface area contributed by atoms with Crippen LogP contribution in [0.1, 0.15) is 30.0 Å². The maximum Gasteiger partial charge on any atom is 0.242 e. The molecule has 1 aliphatic heterocycles. The Morgan fingerprint density at radius 3 is 2.67 bits per heavy atom. The van der Waals surface area contributed by atoms with Gasteiger partial charge in [-0.25, -0.2) is 0 Å². The number of hydrogen-bond acceptors (Lipinski definition) is 5. The number of ether oxygens (including phenoxy) is 1. The van der Waals surface area contributed by atoms with E-state index in [1.807, 2.05) is 49.4 Å². The smallest absolute Gasteiger partial charge is 0.242 e. The second-order valence-electron chi connectivity index (χ2n) is 6.23. The maximum atomic E-state index is 12.7. The van der Waals surface area contributed by atoms with E-state index in [2.05, 4.69) is 23.2 Å². The molecule has 0 N–H and O–H groups in total. The first kappa shape index (κ1) is 19.2. The van der Waals surface area contributed by atoms with Crippen molar-refractivity contribution in [1.29, 1.82) is 0 Å². The van der Waals surface area contributed by atoms with Gasteiger partial charge in [0, 0.05) is 5.56 Å². The summed E-state index contributed by atoms with van der Waals surface area (Å²) in [7, 11) is 1.62. The van der Waals surface area contributed by atoms with E-state index in [1.54, 1.807) is 18.2 Å². The molecule has 1 atom stereocenters. The fourth-order valence-electron chi connectivity index (χ4n) is 2.86. The molecule has 3 rings (SSSR count). The van der Waals surface area contributed by atoms with Crippen LogP contribution in [0.3, 0.4) is 0 Å². The highest BCUT2D eigenvalue weighted by molar-refractivity contribution is 8.15. The van der Waals surface area contributed by atoms with E-state index < -0.39 is 0 Å². The molecular weight excluding hydrogens is 358 g/mol. The number of carbonyl (C=O) groups is 1. The van der Waals surface area contributed by atoms with E-state index in [9.17, 15) is 4.79 Å². The Bertz CT molecular complexity index is 879. The molecule has 140 valence electrons. The monoisotopic (exact) mass is 381 g/mol. The molecule has 5 nitrogen and oxygen atoms in total. The fraction of sp³-hybridized carbons (Fsp3) is 0.286. The molecule has 6 heteroatoms. The van der Waals surface area contributed by atoms with Crippen molar-refractivity contribution in [3.8, 4) is 5.75 Å². The molecule has 0 radical (unpaired) electrons. The summed E-state index contributed by atoms with van der Waals surface area (Å²) in [5.74, 6) is 0.830. The number of thioether (sulfide) groups is 1. The highest BCUT2D eigenvalue weighted by Gasteiger charge is 2.37. The summed E-state index contributed by atoms with van der Waals surface area (Å²) in [4.78, 5) is 14.5. The zero-order valence-electron chi connectivity index (χ0n) is 15.8. The zero-order chi connectivity index (χ0) is 19.2. The van der Waals surface area contributed by atoms with Crippen LogP contribution in [0.4, 0.5) is 0 Å². The molecule has 0 aliphatic carbocycles. The van der Waals surface area contributed by atoms with Gasteiger partial charge in [0.1, 0.15) is 5.75 Å². The second-order valence-corrected chi connectivity index (χ2v) is 7.40. The van der Waals surface area contributed by atoms with Gasteiger partial charge in [-0.2, -0.15) is 5.10 Å². The van der Waals surface area contributed by atoms with Crippen LogP contribution in [0, 0.1) is 6.92 Å². The molecule has 0 saturated carbocycles. The van der Waals surface area contributed by atoms with Gasteiger partial charge in [-0.1, -0.05) is 55.1 Å². The van der Waals surface area contributed by atoms with Crippen LogP contribution in [-0.4, -0.2) is 34.5 Å². The molecule has 2 aromatic rings. The minimum atomic E-state index is -0.103. The van der Waals surface area contributed by atoms with Crippen molar-refractivity contribution in [3.05, 3.63) is 65.2 Å². The van der Waals surface area contributed by atoms with Crippen molar-refractivity contribution >= 4 is 29.1 Å². The van der Waals surface area contributed by atoms with E-state index >= 15 is 0 Å². The van der Waals surface area contributed by atoms with Crippen LogP contribution in [0.25, 0.3) is 0 Å². The number of amidine groups is 1. The maximum absolute atomic E-state index is 12.7. The summed E-state index contributed by atoms with van der Waals surface area (Å²) >= 11 is 1.48. The molecule has 0 bridgehead atoms. The average Bonchev–Trinajstić information content (AvgIpc) is 2.99. The Balaban J connectivity index is 1.84. The first-order valence-electron chi connectivity index (χ1n) is 8.90. The molecule has 1 amide bonds. The SMILES string of the molecule is CCC1SC(=NN=Cc2ccccc2OC)N(Cc2ccccc2C)C1=O. The lowest BCUT2D eigenvalue weighted by Gasteiger charge is -2.17. The lowest BCUT2D eigenvalue weighted by Crippen LogP contribution is -2.31. The number of benzene rings is 2. The van der Waals surface area contributed by atoms with Gasteiger partial charge in [0.05, 0.1) is 25.1 Å². The molecule has 2 aromatic carbocycles. The van der Waals surface area contributed by atoms with Gasteiger partial charge < -0.3 is 4.74 Å². The number of hydrogen-bond donors (Lipinski definition) is 0. The van der Waals surface area contributed by atoms with Crippen LogP contribution in [0.15, 0.2) is 58.7 Å². The van der Waals surface area contributed by atoms with Gasteiger partial charge in [0.15, 0.2) is 5.17 Å². The van der Waals surface area contributed by atoms with Crippen LogP contribution >= 0.6 is 11.8 Å². The Morgan fingerprint density at radius 1 is 1.19 bits per heavy atom. The van der Waals surface area contributed by atoms with Crippen molar-refractivity contribution in [2.75, 3.05) is 7.11 Å². The van der Waals surface area contributed by atoms with E-state index in [1.165, 1.54) is 11.8 Å². The number of amides is 1. The van der Waals surface area contributed by atoms with E-state index in [0.717, 1.165) is 28.9 Å². The lowest BCUT2D eigenvalue weighted by atomic mass is 10.1. The van der Waals surface area contributed by atoms with E-state index in [4.69, 9.17) is 4.74 Å². The minimum Gasteiger partial charge on any atom is -0.496 e. The Kier molecular flexibility index (Phi) is 6.29. The van der Waals surface area contributed by atoms with Crippen molar-refractivity contribution in [3.63, 3.8) is 0 Å². The Labute approximate surface area is 164 Å².